The largest absolute Gasteiger partial charge is 0.297 e. The quantitative estimate of drug-likeness (QED) is 0.381. The van der Waals surface area contributed by atoms with Crippen LogP contribution in [0.25, 0.3) is 21.6 Å². The molecule has 0 bridgehead atoms. The molecule has 0 unspecified atom stereocenters. The average molecular weight is 417 g/mol. The topological polar surface area (TPSA) is 69.4 Å². The molecule has 6 nitrogen and oxygen atoms in total. The van der Waals surface area contributed by atoms with E-state index in [2.05, 4.69) is 54.8 Å². The summed E-state index contributed by atoms with van der Waals surface area (Å²) in [6, 6.07) is 16.3. The van der Waals surface area contributed by atoms with Crippen molar-refractivity contribution >= 4 is 33.3 Å². The molecule has 5 aromatic rings. The first-order valence-electron chi connectivity index (χ1n) is 9.04. The highest BCUT2D eigenvalue weighted by Gasteiger charge is 2.18. The van der Waals surface area contributed by atoms with Gasteiger partial charge in [-0.15, -0.1) is 21.5 Å². The van der Waals surface area contributed by atoms with Crippen LogP contribution in [0.3, 0.4) is 0 Å². The van der Waals surface area contributed by atoms with Gasteiger partial charge in [0.25, 0.3) is 0 Å². The zero-order valence-electron chi connectivity index (χ0n) is 15.6. The minimum absolute atomic E-state index is 0.664. The molecule has 142 valence electrons. The summed E-state index contributed by atoms with van der Waals surface area (Å²) in [5, 5.41) is 11.7. The third-order valence-electron chi connectivity index (χ3n) is 4.42. The second-order valence-electron chi connectivity index (χ2n) is 6.48. The van der Waals surface area contributed by atoms with Crippen LogP contribution in [-0.4, -0.2) is 29.7 Å². The Kier molecular flexibility index (Phi) is 4.79. The molecule has 0 saturated heterocycles. The lowest BCUT2D eigenvalue weighted by atomic mass is 10.2. The summed E-state index contributed by atoms with van der Waals surface area (Å²) in [5.74, 6) is 0.788. The predicted octanol–water partition coefficient (Wildman–Crippen LogP) is 4.85. The maximum absolute atomic E-state index is 4.51. The average Bonchev–Trinajstić information content (AvgIpc) is 3.33. The van der Waals surface area contributed by atoms with Crippen molar-refractivity contribution in [2.24, 2.45) is 0 Å². The lowest BCUT2D eigenvalue weighted by molar-refractivity contribution is 0.714. The second kappa shape index (κ2) is 7.73. The molecule has 0 aliphatic rings. The molecule has 0 aliphatic heterocycles. The summed E-state index contributed by atoms with van der Waals surface area (Å²) in [6.45, 7) is 2.75. The van der Waals surface area contributed by atoms with Gasteiger partial charge in [0.1, 0.15) is 16.2 Å². The van der Waals surface area contributed by atoms with Crippen molar-refractivity contribution < 1.29 is 0 Å². The fourth-order valence-electron chi connectivity index (χ4n) is 3.10. The number of pyridine rings is 1. The van der Waals surface area contributed by atoms with Gasteiger partial charge in [-0.1, -0.05) is 30.3 Å². The third kappa shape index (κ3) is 3.64. The van der Waals surface area contributed by atoms with Crippen LogP contribution in [-0.2, 0) is 6.54 Å². The molecule has 1 aromatic carbocycles. The molecular formula is C21H16N6S2. The molecule has 4 heterocycles. The Hall–Kier alpha value is -3.10. The number of aromatic nitrogens is 6. The fourth-order valence-corrected chi connectivity index (χ4v) is 4.90. The van der Waals surface area contributed by atoms with Crippen LogP contribution < -0.4 is 0 Å². The van der Waals surface area contributed by atoms with E-state index in [-0.39, 0.29) is 0 Å². The first kappa shape index (κ1) is 18.0. The van der Waals surface area contributed by atoms with Gasteiger partial charge in [-0.05, 0) is 42.4 Å². The molecule has 0 spiro atoms. The number of rotatable bonds is 5. The van der Waals surface area contributed by atoms with Crippen molar-refractivity contribution in [1.82, 2.24) is 29.7 Å². The zero-order chi connectivity index (χ0) is 19.6. The molecular weight excluding hydrogens is 400 g/mol. The summed E-state index contributed by atoms with van der Waals surface area (Å²) in [6.07, 6.45) is 5.18. The van der Waals surface area contributed by atoms with Gasteiger partial charge in [0.2, 0.25) is 0 Å². The standard InChI is InChI=1S/C21H16N6S2/c1-14-10-17-19(28-14)23-13-24-20(17)29-21-26-25-18(16-8-5-9-22-11-16)27(21)12-15-6-3-2-4-7-15/h2-11,13H,12H2,1H3. The van der Waals surface area contributed by atoms with Crippen molar-refractivity contribution in [3.8, 4) is 11.4 Å². The van der Waals surface area contributed by atoms with E-state index in [1.165, 1.54) is 22.2 Å². The van der Waals surface area contributed by atoms with Gasteiger partial charge in [0.15, 0.2) is 11.0 Å². The highest BCUT2D eigenvalue weighted by Crippen LogP contribution is 2.35. The van der Waals surface area contributed by atoms with Crippen LogP contribution in [0.1, 0.15) is 10.4 Å². The van der Waals surface area contributed by atoms with Crippen molar-refractivity contribution in [2.75, 3.05) is 0 Å². The fraction of sp³-hybridized carbons (Fsp3) is 0.0952. The number of aryl methyl sites for hydroxylation is 1. The number of thiophene rings is 1. The number of nitrogens with zero attached hydrogens (tertiary/aromatic N) is 6. The summed E-state index contributed by atoms with van der Waals surface area (Å²) < 4.78 is 2.12. The van der Waals surface area contributed by atoms with Crippen LogP contribution in [0, 0.1) is 6.92 Å². The molecule has 5 rings (SSSR count). The zero-order valence-corrected chi connectivity index (χ0v) is 17.2. The molecule has 8 heteroatoms. The van der Waals surface area contributed by atoms with E-state index in [1.807, 2.05) is 36.5 Å². The summed E-state index contributed by atoms with van der Waals surface area (Å²) >= 11 is 3.19. The normalized spacial score (nSPS) is 11.2. The SMILES string of the molecule is Cc1cc2c(Sc3nnc(-c4cccnc4)n3Cc3ccccc3)ncnc2s1. The molecule has 0 atom stereocenters. The minimum Gasteiger partial charge on any atom is -0.297 e. The Morgan fingerprint density at radius 1 is 1.03 bits per heavy atom. The number of hydrogen-bond donors (Lipinski definition) is 0. The van der Waals surface area contributed by atoms with Crippen molar-refractivity contribution in [2.45, 2.75) is 23.7 Å². The summed E-state index contributed by atoms with van der Waals surface area (Å²) in [7, 11) is 0. The van der Waals surface area contributed by atoms with E-state index in [4.69, 9.17) is 0 Å². The van der Waals surface area contributed by atoms with Crippen LogP contribution in [0.2, 0.25) is 0 Å². The Bertz CT molecular complexity index is 1260. The molecule has 0 saturated carbocycles. The van der Waals surface area contributed by atoms with E-state index in [9.17, 15) is 0 Å². The third-order valence-corrected chi connectivity index (χ3v) is 6.39. The molecule has 0 radical (unpaired) electrons. The van der Waals surface area contributed by atoms with E-state index in [0.717, 1.165) is 31.8 Å². The Balaban J connectivity index is 1.59. The Morgan fingerprint density at radius 3 is 2.76 bits per heavy atom. The van der Waals surface area contributed by atoms with Crippen molar-refractivity contribution in [1.29, 1.82) is 0 Å². The van der Waals surface area contributed by atoms with Gasteiger partial charge >= 0.3 is 0 Å². The van der Waals surface area contributed by atoms with Gasteiger partial charge < -0.3 is 0 Å². The maximum Gasteiger partial charge on any atom is 0.198 e. The molecule has 29 heavy (non-hydrogen) atoms. The highest BCUT2D eigenvalue weighted by molar-refractivity contribution is 7.99. The first-order valence-corrected chi connectivity index (χ1v) is 10.7. The van der Waals surface area contributed by atoms with Gasteiger partial charge in [0.05, 0.1) is 6.54 Å². The van der Waals surface area contributed by atoms with Crippen LogP contribution >= 0.6 is 23.1 Å². The van der Waals surface area contributed by atoms with Crippen molar-refractivity contribution in [3.63, 3.8) is 0 Å². The Labute approximate surface area is 175 Å². The highest BCUT2D eigenvalue weighted by atomic mass is 32.2. The lowest BCUT2D eigenvalue weighted by Crippen LogP contribution is -2.04. The van der Waals surface area contributed by atoms with E-state index in [1.54, 1.807) is 23.9 Å². The van der Waals surface area contributed by atoms with Gasteiger partial charge in [-0.2, -0.15) is 0 Å². The second-order valence-corrected chi connectivity index (χ2v) is 8.67. The predicted molar refractivity (Wildman–Crippen MR) is 115 cm³/mol. The first-order chi connectivity index (χ1) is 14.3. The van der Waals surface area contributed by atoms with Crippen molar-refractivity contribution in [3.05, 3.63) is 77.7 Å². The molecule has 4 aromatic heterocycles. The van der Waals surface area contributed by atoms with Gasteiger partial charge in [-0.3, -0.25) is 9.55 Å². The molecule has 0 N–H and O–H groups in total. The maximum atomic E-state index is 4.51. The van der Waals surface area contributed by atoms with Gasteiger partial charge in [-0.25, -0.2) is 9.97 Å². The van der Waals surface area contributed by atoms with Gasteiger partial charge in [0, 0.05) is 28.2 Å². The summed E-state index contributed by atoms with van der Waals surface area (Å²) in [4.78, 5) is 15.3. The minimum atomic E-state index is 0.664. The number of fused-ring (bicyclic) bond motifs is 1. The smallest absolute Gasteiger partial charge is 0.198 e. The van der Waals surface area contributed by atoms with Crippen LogP contribution in [0.4, 0.5) is 0 Å². The molecule has 0 fully saturated rings. The number of hydrogen-bond acceptors (Lipinski definition) is 7. The number of benzene rings is 1. The summed E-state index contributed by atoms with van der Waals surface area (Å²) in [5.41, 5.74) is 2.11. The monoisotopic (exact) mass is 416 g/mol. The van der Waals surface area contributed by atoms with E-state index < -0.39 is 0 Å². The lowest BCUT2D eigenvalue weighted by Gasteiger charge is -2.10. The van der Waals surface area contributed by atoms with E-state index in [0.29, 0.717) is 6.54 Å². The molecule has 0 amide bonds. The Morgan fingerprint density at radius 2 is 1.93 bits per heavy atom. The molecule has 0 aliphatic carbocycles. The van der Waals surface area contributed by atoms with E-state index >= 15 is 0 Å². The van der Waals surface area contributed by atoms with Crippen LogP contribution in [0.15, 0.2) is 77.4 Å². The van der Waals surface area contributed by atoms with Crippen LogP contribution in [0.5, 0.6) is 0 Å².